The van der Waals surface area contributed by atoms with Crippen LogP contribution < -0.4 is 11.1 Å². The Balaban J connectivity index is 2.90. The highest BCUT2D eigenvalue weighted by Gasteiger charge is 2.17. The van der Waals surface area contributed by atoms with Gasteiger partial charge in [0.15, 0.2) is 0 Å². The first-order chi connectivity index (χ1) is 8.45. The van der Waals surface area contributed by atoms with Crippen molar-refractivity contribution in [3.8, 4) is 0 Å². The van der Waals surface area contributed by atoms with Gasteiger partial charge in [-0.15, -0.1) is 0 Å². The van der Waals surface area contributed by atoms with Gasteiger partial charge in [-0.3, -0.25) is 4.79 Å². The quantitative estimate of drug-likeness (QED) is 0.744. The summed E-state index contributed by atoms with van der Waals surface area (Å²) in [5, 5.41) is 11.3. The molecule has 1 atom stereocenters. The Hall–Kier alpha value is -1.95. The van der Waals surface area contributed by atoms with Crippen LogP contribution in [0.15, 0.2) is 18.2 Å². The van der Waals surface area contributed by atoms with E-state index in [9.17, 15) is 14.0 Å². The maximum atomic E-state index is 12.9. The van der Waals surface area contributed by atoms with Crippen LogP contribution in [0.4, 0.5) is 10.1 Å². The first kappa shape index (κ1) is 14.1. The van der Waals surface area contributed by atoms with Crippen molar-refractivity contribution in [2.24, 2.45) is 5.73 Å². The van der Waals surface area contributed by atoms with Crippen LogP contribution in [0.2, 0.25) is 0 Å². The molecule has 4 N–H and O–H groups in total. The van der Waals surface area contributed by atoms with E-state index in [1.807, 2.05) is 6.92 Å². The van der Waals surface area contributed by atoms with E-state index in [0.717, 1.165) is 18.6 Å². The van der Waals surface area contributed by atoms with Gasteiger partial charge in [-0.2, -0.15) is 0 Å². The maximum absolute atomic E-state index is 12.9. The van der Waals surface area contributed by atoms with E-state index in [4.69, 9.17) is 10.8 Å². The second-order valence-electron chi connectivity index (χ2n) is 3.88. The molecule has 0 aromatic heterocycles. The number of halogens is 1. The second-order valence-corrected chi connectivity index (χ2v) is 3.88. The molecule has 0 aliphatic heterocycles. The zero-order chi connectivity index (χ0) is 13.7. The fourth-order valence-electron chi connectivity index (χ4n) is 1.47. The Bertz CT molecular complexity index is 463. The predicted molar refractivity (Wildman–Crippen MR) is 64.9 cm³/mol. The average Bonchev–Trinajstić information content (AvgIpc) is 2.31. The molecule has 0 saturated heterocycles. The van der Waals surface area contributed by atoms with Crippen LogP contribution in [-0.2, 0) is 4.79 Å². The summed E-state index contributed by atoms with van der Waals surface area (Å²) in [6, 6.07) is 2.42. The van der Waals surface area contributed by atoms with E-state index in [0.29, 0.717) is 6.42 Å². The van der Waals surface area contributed by atoms with Gasteiger partial charge in [-0.1, -0.05) is 13.3 Å². The number of carboxylic acids is 1. The molecule has 6 heteroatoms. The zero-order valence-corrected chi connectivity index (χ0v) is 9.94. The lowest BCUT2D eigenvalue weighted by Crippen LogP contribution is -2.35. The third-order valence-electron chi connectivity index (χ3n) is 2.41. The van der Waals surface area contributed by atoms with Crippen molar-refractivity contribution in [2.75, 3.05) is 5.32 Å². The van der Waals surface area contributed by atoms with Crippen molar-refractivity contribution >= 4 is 17.6 Å². The minimum absolute atomic E-state index is 0.0421. The van der Waals surface area contributed by atoms with Crippen molar-refractivity contribution in [3.05, 3.63) is 29.6 Å². The number of rotatable bonds is 5. The highest BCUT2D eigenvalue weighted by atomic mass is 19.1. The van der Waals surface area contributed by atoms with Crippen LogP contribution in [-0.4, -0.2) is 23.0 Å². The third kappa shape index (κ3) is 3.53. The standard InChI is InChI=1S/C12H15FN2O3/c1-2-3-9(14)11(16)15-10-5-4-7(13)6-8(10)12(17)18/h4-6,9H,2-3,14H2,1H3,(H,15,16)(H,17,18)/t9-/m1/s1. The number of nitrogens with two attached hydrogens (primary N) is 1. The molecule has 0 aliphatic rings. The van der Waals surface area contributed by atoms with Gasteiger partial charge in [0.1, 0.15) is 5.82 Å². The lowest BCUT2D eigenvalue weighted by molar-refractivity contribution is -0.117. The number of aromatic carboxylic acids is 1. The molecule has 1 aromatic rings. The molecule has 0 aliphatic carbocycles. The number of anilines is 1. The largest absolute Gasteiger partial charge is 0.478 e. The first-order valence-electron chi connectivity index (χ1n) is 5.55. The van der Waals surface area contributed by atoms with Gasteiger partial charge in [0.25, 0.3) is 0 Å². The second kappa shape index (κ2) is 6.11. The number of hydrogen-bond donors (Lipinski definition) is 3. The first-order valence-corrected chi connectivity index (χ1v) is 5.55. The summed E-state index contributed by atoms with van der Waals surface area (Å²) in [6.45, 7) is 1.88. The van der Waals surface area contributed by atoms with Crippen LogP contribution in [0.3, 0.4) is 0 Å². The number of hydrogen-bond acceptors (Lipinski definition) is 3. The Morgan fingerprint density at radius 2 is 2.17 bits per heavy atom. The molecule has 0 heterocycles. The predicted octanol–water partition coefficient (Wildman–Crippen LogP) is 1.59. The monoisotopic (exact) mass is 254 g/mol. The number of carbonyl (C=O) groups is 2. The number of carbonyl (C=O) groups excluding carboxylic acids is 1. The van der Waals surface area contributed by atoms with Crippen molar-refractivity contribution < 1.29 is 19.1 Å². The van der Waals surface area contributed by atoms with Crippen LogP contribution in [0.5, 0.6) is 0 Å². The van der Waals surface area contributed by atoms with Gasteiger partial charge < -0.3 is 16.2 Å². The van der Waals surface area contributed by atoms with E-state index in [1.165, 1.54) is 6.07 Å². The molecule has 18 heavy (non-hydrogen) atoms. The van der Waals surface area contributed by atoms with Crippen LogP contribution >= 0.6 is 0 Å². The van der Waals surface area contributed by atoms with Crippen molar-refractivity contribution in [1.29, 1.82) is 0 Å². The molecule has 0 fully saturated rings. The molecule has 1 amide bonds. The minimum Gasteiger partial charge on any atom is -0.478 e. The van der Waals surface area contributed by atoms with Crippen molar-refractivity contribution in [1.82, 2.24) is 0 Å². The maximum Gasteiger partial charge on any atom is 0.337 e. The highest BCUT2D eigenvalue weighted by Crippen LogP contribution is 2.17. The molecular formula is C12H15FN2O3. The molecule has 1 rings (SSSR count). The van der Waals surface area contributed by atoms with Gasteiger partial charge in [0.2, 0.25) is 5.91 Å². The number of nitrogens with one attached hydrogen (secondary N) is 1. The molecule has 98 valence electrons. The molecular weight excluding hydrogens is 239 g/mol. The molecule has 5 nitrogen and oxygen atoms in total. The van der Waals surface area contributed by atoms with Gasteiger partial charge in [0.05, 0.1) is 17.3 Å². The van der Waals surface area contributed by atoms with E-state index in [-0.39, 0.29) is 11.3 Å². The number of benzene rings is 1. The fraction of sp³-hybridized carbons (Fsp3) is 0.333. The summed E-state index contributed by atoms with van der Waals surface area (Å²) in [7, 11) is 0. The van der Waals surface area contributed by atoms with Gasteiger partial charge >= 0.3 is 5.97 Å². The molecule has 1 aromatic carbocycles. The molecule has 0 saturated carbocycles. The Labute approximate surface area is 104 Å². The summed E-state index contributed by atoms with van der Waals surface area (Å²) >= 11 is 0. The van der Waals surface area contributed by atoms with Crippen LogP contribution in [0.25, 0.3) is 0 Å². The molecule has 0 bridgehead atoms. The lowest BCUT2D eigenvalue weighted by Gasteiger charge is -2.12. The average molecular weight is 254 g/mol. The Kier molecular flexibility index (Phi) is 4.79. The Morgan fingerprint density at radius 1 is 1.50 bits per heavy atom. The lowest BCUT2D eigenvalue weighted by atomic mass is 10.1. The van der Waals surface area contributed by atoms with E-state index in [2.05, 4.69) is 5.32 Å². The summed E-state index contributed by atoms with van der Waals surface area (Å²) in [6.07, 6.45) is 1.24. The number of carboxylic acid groups (broad SMARTS) is 1. The third-order valence-corrected chi connectivity index (χ3v) is 2.41. The number of amides is 1. The molecule has 0 spiro atoms. The van der Waals surface area contributed by atoms with Crippen molar-refractivity contribution in [2.45, 2.75) is 25.8 Å². The summed E-state index contributed by atoms with van der Waals surface area (Å²) in [5.74, 6) is -2.47. The smallest absolute Gasteiger partial charge is 0.337 e. The van der Waals surface area contributed by atoms with E-state index in [1.54, 1.807) is 0 Å². The SMILES string of the molecule is CCC[C@@H](N)C(=O)Nc1ccc(F)cc1C(=O)O. The molecule has 0 unspecified atom stereocenters. The summed E-state index contributed by atoms with van der Waals surface area (Å²) in [5.41, 5.74) is 5.34. The normalized spacial score (nSPS) is 11.9. The van der Waals surface area contributed by atoms with Crippen LogP contribution in [0.1, 0.15) is 30.1 Å². The van der Waals surface area contributed by atoms with Gasteiger partial charge in [-0.25, -0.2) is 9.18 Å². The van der Waals surface area contributed by atoms with E-state index < -0.39 is 23.7 Å². The van der Waals surface area contributed by atoms with Crippen LogP contribution in [0, 0.1) is 5.82 Å². The summed E-state index contributed by atoms with van der Waals surface area (Å²) < 4.78 is 12.9. The van der Waals surface area contributed by atoms with Crippen molar-refractivity contribution in [3.63, 3.8) is 0 Å². The topological polar surface area (TPSA) is 92.4 Å². The minimum atomic E-state index is -1.31. The Morgan fingerprint density at radius 3 is 2.72 bits per heavy atom. The molecule has 0 radical (unpaired) electrons. The fourth-order valence-corrected chi connectivity index (χ4v) is 1.47. The van der Waals surface area contributed by atoms with E-state index >= 15 is 0 Å². The highest BCUT2D eigenvalue weighted by molar-refractivity contribution is 6.02. The van der Waals surface area contributed by atoms with Gasteiger partial charge in [0, 0.05) is 0 Å². The van der Waals surface area contributed by atoms with Gasteiger partial charge in [-0.05, 0) is 24.6 Å². The zero-order valence-electron chi connectivity index (χ0n) is 9.94. The summed E-state index contributed by atoms with van der Waals surface area (Å²) in [4.78, 5) is 22.5.